The summed E-state index contributed by atoms with van der Waals surface area (Å²) in [5, 5.41) is 4.45. The van der Waals surface area contributed by atoms with Gasteiger partial charge in [-0.25, -0.2) is 0 Å². The number of nitrogens with one attached hydrogen (secondary N) is 1. The first-order valence-electron chi connectivity index (χ1n) is 6.44. The number of hydrogen-bond donors (Lipinski definition) is 1. The van der Waals surface area contributed by atoms with Crippen LogP contribution in [0.25, 0.3) is 0 Å². The fraction of sp³-hybridized carbons (Fsp3) is 0.250. The second-order valence-electron chi connectivity index (χ2n) is 4.71. The van der Waals surface area contributed by atoms with E-state index in [0.717, 1.165) is 15.6 Å². The summed E-state index contributed by atoms with van der Waals surface area (Å²) in [4.78, 5) is 0. The van der Waals surface area contributed by atoms with Gasteiger partial charge in [0.15, 0.2) is 0 Å². The Morgan fingerprint density at radius 3 is 2.48 bits per heavy atom. The largest absolute Gasteiger partial charge is 0.495 e. The molecule has 0 aromatic heterocycles. The molecule has 2 rings (SSSR count). The molecule has 0 aliphatic heterocycles. The maximum absolute atomic E-state index is 6.40. The molecule has 0 aliphatic carbocycles. The van der Waals surface area contributed by atoms with E-state index in [-0.39, 0.29) is 6.04 Å². The quantitative estimate of drug-likeness (QED) is 0.758. The summed E-state index contributed by atoms with van der Waals surface area (Å²) in [5.74, 6) is 0.573. The number of halogens is 3. The van der Waals surface area contributed by atoms with Gasteiger partial charge in [-0.05, 0) is 36.7 Å². The minimum Gasteiger partial charge on any atom is -0.495 e. The zero-order valence-electron chi connectivity index (χ0n) is 12.0. The van der Waals surface area contributed by atoms with Gasteiger partial charge in [-0.2, -0.15) is 0 Å². The maximum atomic E-state index is 6.40. The highest BCUT2D eigenvalue weighted by molar-refractivity contribution is 9.10. The zero-order chi connectivity index (χ0) is 15.6. The van der Waals surface area contributed by atoms with Gasteiger partial charge in [-0.3, -0.25) is 0 Å². The highest BCUT2D eigenvalue weighted by atomic mass is 79.9. The fourth-order valence-corrected chi connectivity index (χ4v) is 3.30. The normalized spacial score (nSPS) is 12.3. The Morgan fingerprint density at radius 2 is 1.86 bits per heavy atom. The fourth-order valence-electron chi connectivity index (χ4n) is 2.29. The van der Waals surface area contributed by atoms with Crippen molar-refractivity contribution >= 4 is 39.1 Å². The third-order valence-electron chi connectivity index (χ3n) is 3.40. The van der Waals surface area contributed by atoms with Crippen LogP contribution >= 0.6 is 39.1 Å². The van der Waals surface area contributed by atoms with E-state index in [1.54, 1.807) is 13.2 Å². The lowest BCUT2D eigenvalue weighted by atomic mass is 9.97. The van der Waals surface area contributed by atoms with Crippen molar-refractivity contribution < 1.29 is 4.74 Å². The molecule has 0 spiro atoms. The predicted octanol–water partition coefficient (Wildman–Crippen LogP) is 5.38. The lowest BCUT2D eigenvalue weighted by molar-refractivity contribution is 0.415. The van der Waals surface area contributed by atoms with Gasteiger partial charge < -0.3 is 10.1 Å². The molecule has 2 aromatic carbocycles. The maximum Gasteiger partial charge on any atom is 0.138 e. The van der Waals surface area contributed by atoms with Gasteiger partial charge in [0, 0.05) is 15.6 Å². The highest BCUT2D eigenvalue weighted by Crippen LogP contribution is 2.38. The van der Waals surface area contributed by atoms with Gasteiger partial charge in [-0.1, -0.05) is 57.3 Å². The van der Waals surface area contributed by atoms with Crippen molar-refractivity contribution in [2.24, 2.45) is 0 Å². The van der Waals surface area contributed by atoms with E-state index in [1.165, 1.54) is 5.56 Å². The summed E-state index contributed by atoms with van der Waals surface area (Å²) in [7, 11) is 3.47. The SMILES string of the molecule is CNC(c1cc(Cl)c(OC)cc1Cl)c1cccc(C)c1Br. The standard InChI is InChI=1S/C16H16BrCl2NO/c1-9-5-4-6-10(15(9)17)16(20-2)11-7-13(19)14(21-3)8-12(11)18/h4-8,16,20H,1-3H3. The van der Waals surface area contributed by atoms with E-state index in [2.05, 4.69) is 40.3 Å². The number of aryl methyl sites for hydroxylation is 1. The number of methoxy groups -OCH3 is 1. The van der Waals surface area contributed by atoms with Crippen LogP contribution in [0.3, 0.4) is 0 Å². The summed E-state index contributed by atoms with van der Waals surface area (Å²) in [6.45, 7) is 2.06. The third-order valence-corrected chi connectivity index (χ3v) is 5.11. The lowest BCUT2D eigenvalue weighted by Gasteiger charge is -2.21. The Balaban J connectivity index is 2.57. The topological polar surface area (TPSA) is 21.3 Å². The Hall–Kier alpha value is -0.740. The van der Waals surface area contributed by atoms with Crippen LogP contribution in [0.15, 0.2) is 34.8 Å². The van der Waals surface area contributed by atoms with Crippen LogP contribution in [0.1, 0.15) is 22.7 Å². The molecule has 21 heavy (non-hydrogen) atoms. The van der Waals surface area contributed by atoms with E-state index in [1.807, 2.05) is 19.2 Å². The molecule has 1 atom stereocenters. The smallest absolute Gasteiger partial charge is 0.138 e. The van der Waals surface area contributed by atoms with Crippen molar-refractivity contribution in [3.8, 4) is 5.75 Å². The number of benzene rings is 2. The van der Waals surface area contributed by atoms with E-state index in [0.29, 0.717) is 15.8 Å². The first-order chi connectivity index (χ1) is 9.99. The molecule has 0 saturated heterocycles. The van der Waals surface area contributed by atoms with Crippen LogP contribution in [-0.2, 0) is 0 Å². The summed E-state index contributed by atoms with van der Waals surface area (Å²) < 4.78 is 6.26. The molecule has 5 heteroatoms. The van der Waals surface area contributed by atoms with E-state index in [4.69, 9.17) is 27.9 Å². The average Bonchev–Trinajstić information content (AvgIpc) is 2.47. The van der Waals surface area contributed by atoms with Crippen LogP contribution in [0, 0.1) is 6.92 Å². The van der Waals surface area contributed by atoms with Gasteiger partial charge in [-0.15, -0.1) is 0 Å². The molecule has 0 radical (unpaired) electrons. The molecule has 1 unspecified atom stereocenters. The zero-order valence-corrected chi connectivity index (χ0v) is 15.1. The van der Waals surface area contributed by atoms with E-state index >= 15 is 0 Å². The highest BCUT2D eigenvalue weighted by Gasteiger charge is 2.20. The van der Waals surface area contributed by atoms with Crippen LogP contribution in [0.5, 0.6) is 5.75 Å². The first-order valence-corrected chi connectivity index (χ1v) is 7.99. The van der Waals surface area contributed by atoms with Gasteiger partial charge in [0.25, 0.3) is 0 Å². The van der Waals surface area contributed by atoms with Crippen LogP contribution < -0.4 is 10.1 Å². The van der Waals surface area contributed by atoms with Gasteiger partial charge >= 0.3 is 0 Å². The van der Waals surface area contributed by atoms with Gasteiger partial charge in [0.05, 0.1) is 18.2 Å². The summed E-state index contributed by atoms with van der Waals surface area (Å²) >= 11 is 16.3. The molecule has 0 saturated carbocycles. The molecule has 0 heterocycles. The molecule has 0 bridgehead atoms. The van der Waals surface area contributed by atoms with Crippen molar-refractivity contribution in [1.29, 1.82) is 0 Å². The van der Waals surface area contributed by atoms with E-state index < -0.39 is 0 Å². The second kappa shape index (κ2) is 7.01. The second-order valence-corrected chi connectivity index (χ2v) is 6.32. The first kappa shape index (κ1) is 16.6. The third kappa shape index (κ3) is 3.37. The summed E-state index contributed by atoms with van der Waals surface area (Å²) in [5.41, 5.74) is 3.19. The number of hydrogen-bond acceptors (Lipinski definition) is 2. The molecule has 112 valence electrons. The molecule has 0 aliphatic rings. The number of ether oxygens (including phenoxy) is 1. The Kier molecular flexibility index (Phi) is 5.55. The Labute approximate surface area is 143 Å². The van der Waals surface area contributed by atoms with Crippen LogP contribution in [-0.4, -0.2) is 14.2 Å². The van der Waals surface area contributed by atoms with Gasteiger partial charge in [0.1, 0.15) is 5.75 Å². The van der Waals surface area contributed by atoms with Crippen molar-refractivity contribution in [3.05, 3.63) is 61.5 Å². The molecule has 1 N–H and O–H groups in total. The Bertz CT molecular complexity index is 661. The van der Waals surface area contributed by atoms with Crippen LogP contribution in [0.4, 0.5) is 0 Å². The molecule has 0 amide bonds. The van der Waals surface area contributed by atoms with Crippen LogP contribution in [0.2, 0.25) is 10.0 Å². The molecule has 2 aromatic rings. The minimum atomic E-state index is -0.0600. The minimum absolute atomic E-state index is 0.0600. The average molecular weight is 389 g/mol. The van der Waals surface area contributed by atoms with Crippen molar-refractivity contribution in [3.63, 3.8) is 0 Å². The van der Waals surface area contributed by atoms with Gasteiger partial charge in [0.2, 0.25) is 0 Å². The predicted molar refractivity (Wildman–Crippen MR) is 92.8 cm³/mol. The Morgan fingerprint density at radius 1 is 1.14 bits per heavy atom. The summed E-state index contributed by atoms with van der Waals surface area (Å²) in [6.07, 6.45) is 0. The molecule has 0 fully saturated rings. The molecular formula is C16H16BrCl2NO. The monoisotopic (exact) mass is 387 g/mol. The molecule has 2 nitrogen and oxygen atoms in total. The van der Waals surface area contributed by atoms with Crippen molar-refractivity contribution in [2.75, 3.05) is 14.2 Å². The summed E-state index contributed by atoms with van der Waals surface area (Å²) in [6, 6.07) is 9.68. The van der Waals surface area contributed by atoms with Crippen molar-refractivity contribution in [2.45, 2.75) is 13.0 Å². The van der Waals surface area contributed by atoms with Crippen molar-refractivity contribution in [1.82, 2.24) is 5.32 Å². The van der Waals surface area contributed by atoms with E-state index in [9.17, 15) is 0 Å². The number of rotatable bonds is 4. The molecular weight excluding hydrogens is 373 g/mol. The lowest BCUT2D eigenvalue weighted by Crippen LogP contribution is -2.19.